The molecule has 2 aromatic carbocycles. The lowest BCUT2D eigenvalue weighted by molar-refractivity contribution is -0.141. The molecule has 8 heteroatoms. The number of amides is 1. The van der Waals surface area contributed by atoms with Gasteiger partial charge >= 0.3 is 5.97 Å². The highest BCUT2D eigenvalue weighted by molar-refractivity contribution is 7.89. The van der Waals surface area contributed by atoms with Gasteiger partial charge in [-0.15, -0.1) is 0 Å². The van der Waals surface area contributed by atoms with Gasteiger partial charge in [0, 0.05) is 13.0 Å². The van der Waals surface area contributed by atoms with Crippen molar-refractivity contribution in [1.82, 2.24) is 10.0 Å². The summed E-state index contributed by atoms with van der Waals surface area (Å²) in [5, 5.41) is 2.77. The molecular formula is C22H28N2O5S. The van der Waals surface area contributed by atoms with Crippen molar-refractivity contribution in [2.75, 3.05) is 13.7 Å². The summed E-state index contributed by atoms with van der Waals surface area (Å²) < 4.78 is 32.0. The van der Waals surface area contributed by atoms with E-state index >= 15 is 0 Å². The number of hydrogen-bond donors (Lipinski definition) is 2. The fourth-order valence-corrected chi connectivity index (χ4v) is 3.90. The molecule has 2 N–H and O–H groups in total. The summed E-state index contributed by atoms with van der Waals surface area (Å²) in [4.78, 5) is 24.2. The van der Waals surface area contributed by atoms with Crippen LogP contribution in [-0.2, 0) is 24.3 Å². The summed E-state index contributed by atoms with van der Waals surface area (Å²) in [7, 11) is -2.42. The lowest BCUT2D eigenvalue weighted by atomic mass is 10.0. The van der Waals surface area contributed by atoms with Gasteiger partial charge in [0.25, 0.3) is 0 Å². The molecule has 30 heavy (non-hydrogen) atoms. The van der Waals surface area contributed by atoms with Crippen molar-refractivity contribution >= 4 is 21.9 Å². The van der Waals surface area contributed by atoms with Crippen molar-refractivity contribution in [2.24, 2.45) is 0 Å². The Hall–Kier alpha value is -2.71. The summed E-state index contributed by atoms with van der Waals surface area (Å²) in [6.07, 6.45) is -0.0754. The Bertz CT molecular complexity index is 941. The van der Waals surface area contributed by atoms with E-state index in [2.05, 4.69) is 10.0 Å². The fraction of sp³-hybridized carbons (Fsp3) is 0.364. The minimum Gasteiger partial charge on any atom is -0.469 e. The van der Waals surface area contributed by atoms with Gasteiger partial charge < -0.3 is 10.1 Å². The number of benzene rings is 2. The molecule has 0 fully saturated rings. The van der Waals surface area contributed by atoms with Crippen molar-refractivity contribution in [1.29, 1.82) is 0 Å². The number of carbonyl (C=O) groups excluding carboxylic acids is 2. The number of carbonyl (C=O) groups is 2. The molecule has 0 aliphatic heterocycles. The van der Waals surface area contributed by atoms with E-state index in [1.807, 2.05) is 32.0 Å². The third kappa shape index (κ3) is 6.96. The molecule has 0 spiro atoms. The minimum absolute atomic E-state index is 0.0137. The standard InChI is InChI=1S/C22H28N2O5S/c1-16(2)17-9-11-19(12-10-17)30(27,28)23-14-13-21(25)24-20(15-22(26)29-3)18-7-5-4-6-8-18/h4-12,16,20,23H,13-15H2,1-3H3,(H,24,25). The van der Waals surface area contributed by atoms with Crippen LogP contribution in [0.25, 0.3) is 0 Å². The van der Waals surface area contributed by atoms with Crippen molar-refractivity contribution in [3.63, 3.8) is 0 Å². The lowest BCUT2D eigenvalue weighted by Crippen LogP contribution is -2.34. The van der Waals surface area contributed by atoms with E-state index in [0.29, 0.717) is 5.92 Å². The van der Waals surface area contributed by atoms with E-state index in [-0.39, 0.29) is 30.2 Å². The van der Waals surface area contributed by atoms with Crippen LogP contribution in [-0.4, -0.2) is 33.9 Å². The van der Waals surface area contributed by atoms with Gasteiger partial charge in [0.15, 0.2) is 0 Å². The van der Waals surface area contributed by atoms with Crippen molar-refractivity contribution in [3.8, 4) is 0 Å². The second-order valence-electron chi connectivity index (χ2n) is 7.18. The molecule has 0 aliphatic rings. The third-order valence-electron chi connectivity index (χ3n) is 4.64. The Morgan fingerprint density at radius 3 is 2.17 bits per heavy atom. The fourth-order valence-electron chi connectivity index (χ4n) is 2.87. The van der Waals surface area contributed by atoms with Crippen LogP contribution in [0.3, 0.4) is 0 Å². The van der Waals surface area contributed by atoms with Crippen LogP contribution in [0.5, 0.6) is 0 Å². The van der Waals surface area contributed by atoms with Crippen LogP contribution >= 0.6 is 0 Å². The summed E-state index contributed by atoms with van der Waals surface area (Å²) >= 11 is 0. The normalized spacial score (nSPS) is 12.4. The molecule has 2 rings (SSSR count). The molecular weight excluding hydrogens is 404 g/mol. The van der Waals surface area contributed by atoms with Crippen LogP contribution < -0.4 is 10.0 Å². The quantitative estimate of drug-likeness (QED) is 0.562. The Morgan fingerprint density at radius 2 is 1.60 bits per heavy atom. The Kier molecular flexibility index (Phi) is 8.56. The minimum atomic E-state index is -3.71. The van der Waals surface area contributed by atoms with Crippen molar-refractivity contribution in [3.05, 3.63) is 65.7 Å². The number of hydrogen-bond acceptors (Lipinski definition) is 5. The average molecular weight is 433 g/mol. The summed E-state index contributed by atoms with van der Waals surface area (Å²) in [6, 6.07) is 15.2. The first-order chi connectivity index (χ1) is 14.2. The lowest BCUT2D eigenvalue weighted by Gasteiger charge is -2.18. The molecule has 7 nitrogen and oxygen atoms in total. The molecule has 2 aromatic rings. The SMILES string of the molecule is COC(=O)CC(NC(=O)CCNS(=O)(=O)c1ccc(C(C)C)cc1)c1ccccc1. The first kappa shape index (κ1) is 23.6. The van der Waals surface area contributed by atoms with Crippen molar-refractivity contribution < 1.29 is 22.7 Å². The van der Waals surface area contributed by atoms with E-state index in [4.69, 9.17) is 4.74 Å². The zero-order chi connectivity index (χ0) is 22.1. The molecule has 1 atom stereocenters. The largest absolute Gasteiger partial charge is 0.469 e. The third-order valence-corrected chi connectivity index (χ3v) is 6.11. The monoisotopic (exact) mass is 432 g/mol. The number of sulfonamides is 1. The highest BCUT2D eigenvalue weighted by Crippen LogP contribution is 2.18. The van der Waals surface area contributed by atoms with Crippen LogP contribution in [0.2, 0.25) is 0 Å². The highest BCUT2D eigenvalue weighted by Gasteiger charge is 2.20. The molecule has 0 radical (unpaired) electrons. The molecule has 162 valence electrons. The number of ether oxygens (including phenoxy) is 1. The van der Waals surface area contributed by atoms with E-state index < -0.39 is 22.0 Å². The molecule has 0 aromatic heterocycles. The number of methoxy groups -OCH3 is 1. The summed E-state index contributed by atoms with van der Waals surface area (Å²) in [5.74, 6) is -0.513. The van der Waals surface area contributed by atoms with Gasteiger partial charge in [-0.3, -0.25) is 9.59 Å². The molecule has 0 saturated heterocycles. The van der Waals surface area contributed by atoms with Gasteiger partial charge in [0.1, 0.15) is 0 Å². The first-order valence-electron chi connectivity index (χ1n) is 9.73. The molecule has 0 aliphatic carbocycles. The first-order valence-corrected chi connectivity index (χ1v) is 11.2. The van der Waals surface area contributed by atoms with Gasteiger partial charge in [-0.25, -0.2) is 13.1 Å². The number of esters is 1. The number of rotatable bonds is 10. The Labute approximate surface area is 177 Å². The smallest absolute Gasteiger partial charge is 0.307 e. The predicted molar refractivity (Wildman–Crippen MR) is 114 cm³/mol. The maximum atomic E-state index is 12.4. The van der Waals surface area contributed by atoms with Crippen molar-refractivity contribution in [2.45, 2.75) is 43.5 Å². The van der Waals surface area contributed by atoms with Crippen LogP contribution in [0.4, 0.5) is 0 Å². The maximum Gasteiger partial charge on any atom is 0.307 e. The molecule has 1 unspecified atom stereocenters. The summed E-state index contributed by atoms with van der Waals surface area (Å²) in [6.45, 7) is 4.01. The second kappa shape index (κ2) is 10.9. The number of nitrogens with one attached hydrogen (secondary N) is 2. The second-order valence-corrected chi connectivity index (χ2v) is 8.95. The van der Waals surface area contributed by atoms with Crippen LogP contribution in [0, 0.1) is 0 Å². The Balaban J connectivity index is 1.94. The molecule has 1 amide bonds. The average Bonchev–Trinajstić information content (AvgIpc) is 2.73. The summed E-state index contributed by atoms with van der Waals surface area (Å²) in [5.41, 5.74) is 1.81. The zero-order valence-corrected chi connectivity index (χ0v) is 18.2. The van der Waals surface area contributed by atoms with E-state index in [0.717, 1.165) is 11.1 Å². The molecule has 0 bridgehead atoms. The van der Waals surface area contributed by atoms with Gasteiger partial charge in [0.2, 0.25) is 15.9 Å². The zero-order valence-electron chi connectivity index (χ0n) is 17.4. The molecule has 0 saturated carbocycles. The van der Waals surface area contributed by atoms with E-state index in [1.165, 1.54) is 7.11 Å². The van der Waals surface area contributed by atoms with Gasteiger partial charge in [-0.2, -0.15) is 0 Å². The Morgan fingerprint density at radius 1 is 0.967 bits per heavy atom. The van der Waals surface area contributed by atoms with Gasteiger partial charge in [-0.05, 0) is 29.2 Å². The topological polar surface area (TPSA) is 102 Å². The van der Waals surface area contributed by atoms with Crippen LogP contribution in [0.1, 0.15) is 49.8 Å². The van der Waals surface area contributed by atoms with E-state index in [9.17, 15) is 18.0 Å². The van der Waals surface area contributed by atoms with Gasteiger partial charge in [-0.1, -0.05) is 56.3 Å². The molecule has 0 heterocycles. The maximum absolute atomic E-state index is 12.4. The predicted octanol–water partition coefficient (Wildman–Crippen LogP) is 2.90. The van der Waals surface area contributed by atoms with E-state index in [1.54, 1.807) is 36.4 Å². The van der Waals surface area contributed by atoms with Gasteiger partial charge in [0.05, 0.1) is 24.5 Å². The highest BCUT2D eigenvalue weighted by atomic mass is 32.2. The van der Waals surface area contributed by atoms with Crippen LogP contribution in [0.15, 0.2) is 59.5 Å².